The highest BCUT2D eigenvalue weighted by Gasteiger charge is 2.34. The number of carboxylic acids is 1. The molecule has 3 atom stereocenters. The van der Waals surface area contributed by atoms with Crippen molar-refractivity contribution in [3.63, 3.8) is 0 Å². The summed E-state index contributed by atoms with van der Waals surface area (Å²) in [5.41, 5.74) is 1.97. The molecule has 1 aromatic heterocycles. The van der Waals surface area contributed by atoms with Gasteiger partial charge in [0.2, 0.25) is 0 Å². The first-order valence-electron chi connectivity index (χ1n) is 7.69. The largest absolute Gasteiger partial charge is 0.481 e. The zero-order valence-corrected chi connectivity index (χ0v) is 13.0. The second kappa shape index (κ2) is 5.79. The summed E-state index contributed by atoms with van der Waals surface area (Å²) in [6, 6.07) is -0.215. The van der Waals surface area contributed by atoms with Gasteiger partial charge in [-0.1, -0.05) is 13.3 Å². The van der Waals surface area contributed by atoms with Crippen LogP contribution in [0.3, 0.4) is 0 Å². The molecule has 3 rings (SSSR count). The maximum absolute atomic E-state index is 12.5. The minimum Gasteiger partial charge on any atom is -0.481 e. The average molecular weight is 307 g/mol. The van der Waals surface area contributed by atoms with Crippen LogP contribution in [0.5, 0.6) is 0 Å². The van der Waals surface area contributed by atoms with Crippen molar-refractivity contribution < 1.29 is 14.7 Å². The fourth-order valence-corrected chi connectivity index (χ4v) is 4.79. The predicted octanol–water partition coefficient (Wildman–Crippen LogP) is 2.86. The number of aliphatic carboxylic acids is 1. The van der Waals surface area contributed by atoms with E-state index in [1.807, 2.05) is 5.38 Å². The molecule has 0 spiro atoms. The van der Waals surface area contributed by atoms with Gasteiger partial charge in [-0.3, -0.25) is 9.59 Å². The van der Waals surface area contributed by atoms with Crippen molar-refractivity contribution in [2.75, 3.05) is 0 Å². The van der Waals surface area contributed by atoms with Crippen molar-refractivity contribution >= 4 is 23.2 Å². The number of carbonyl (C=O) groups is 2. The number of hydrogen-bond donors (Lipinski definition) is 2. The lowest BCUT2D eigenvalue weighted by Crippen LogP contribution is -2.40. The second-order valence-electron chi connectivity index (χ2n) is 6.35. The second-order valence-corrected chi connectivity index (χ2v) is 7.32. The summed E-state index contributed by atoms with van der Waals surface area (Å²) >= 11 is 1.67. The van der Waals surface area contributed by atoms with Crippen LogP contribution in [0.2, 0.25) is 0 Å². The third-order valence-corrected chi connectivity index (χ3v) is 5.85. The van der Waals surface area contributed by atoms with E-state index in [0.717, 1.165) is 37.7 Å². The van der Waals surface area contributed by atoms with Gasteiger partial charge in [0, 0.05) is 16.3 Å². The summed E-state index contributed by atoms with van der Waals surface area (Å²) in [6.45, 7) is 2.25. The van der Waals surface area contributed by atoms with Crippen molar-refractivity contribution in [2.45, 2.75) is 51.5 Å². The summed E-state index contributed by atoms with van der Waals surface area (Å²) in [6.07, 6.45) is 5.47. The minimum absolute atomic E-state index is 0.0831. The summed E-state index contributed by atoms with van der Waals surface area (Å²) in [5.74, 6) is -0.610. The number of hydrogen-bond acceptors (Lipinski definition) is 3. The van der Waals surface area contributed by atoms with E-state index in [-0.39, 0.29) is 11.9 Å². The molecule has 1 saturated carbocycles. The van der Waals surface area contributed by atoms with E-state index in [4.69, 9.17) is 0 Å². The maximum atomic E-state index is 12.5. The highest BCUT2D eigenvalue weighted by molar-refractivity contribution is 7.10. The van der Waals surface area contributed by atoms with Crippen molar-refractivity contribution in [2.24, 2.45) is 11.8 Å². The summed E-state index contributed by atoms with van der Waals surface area (Å²) in [4.78, 5) is 25.0. The van der Waals surface area contributed by atoms with E-state index in [2.05, 4.69) is 12.2 Å². The highest BCUT2D eigenvalue weighted by Crippen LogP contribution is 2.33. The lowest BCUT2D eigenvalue weighted by Gasteiger charge is -2.20. The molecule has 1 amide bonds. The molecule has 3 unspecified atom stereocenters. The van der Waals surface area contributed by atoms with Crippen LogP contribution in [0.15, 0.2) is 5.38 Å². The molecule has 1 fully saturated rings. The number of nitrogens with one attached hydrogen (secondary N) is 1. The van der Waals surface area contributed by atoms with Crippen LogP contribution < -0.4 is 5.32 Å². The highest BCUT2D eigenvalue weighted by atomic mass is 32.1. The van der Waals surface area contributed by atoms with Crippen LogP contribution in [0.1, 0.15) is 53.4 Å². The van der Waals surface area contributed by atoms with Gasteiger partial charge in [-0.2, -0.15) is 0 Å². The average Bonchev–Trinajstić information content (AvgIpc) is 3.04. The Morgan fingerprint density at radius 1 is 1.33 bits per heavy atom. The number of thiophene rings is 1. The molecule has 2 N–H and O–H groups in total. The van der Waals surface area contributed by atoms with Crippen LogP contribution in [-0.4, -0.2) is 23.0 Å². The van der Waals surface area contributed by atoms with Crippen molar-refractivity contribution in [1.82, 2.24) is 5.32 Å². The zero-order chi connectivity index (χ0) is 15.0. The van der Waals surface area contributed by atoms with Gasteiger partial charge in [0.05, 0.1) is 11.5 Å². The Labute approximate surface area is 128 Å². The first kappa shape index (κ1) is 14.6. The van der Waals surface area contributed by atoms with Crippen LogP contribution >= 0.6 is 11.3 Å². The molecule has 0 radical (unpaired) electrons. The zero-order valence-electron chi connectivity index (χ0n) is 12.2. The van der Waals surface area contributed by atoms with Gasteiger partial charge in [0.25, 0.3) is 5.91 Å². The molecule has 0 aliphatic heterocycles. The summed E-state index contributed by atoms with van der Waals surface area (Å²) in [5, 5.41) is 14.1. The smallest absolute Gasteiger partial charge is 0.308 e. The van der Waals surface area contributed by atoms with E-state index in [0.29, 0.717) is 12.3 Å². The van der Waals surface area contributed by atoms with E-state index < -0.39 is 11.9 Å². The number of rotatable bonds is 3. The third kappa shape index (κ3) is 2.84. The summed E-state index contributed by atoms with van der Waals surface area (Å²) < 4.78 is 0. The van der Waals surface area contributed by atoms with Gasteiger partial charge in [-0.15, -0.1) is 11.3 Å². The Balaban J connectivity index is 1.73. The molecular weight excluding hydrogens is 286 g/mol. The van der Waals surface area contributed by atoms with Gasteiger partial charge in [0.1, 0.15) is 0 Å². The Kier molecular flexibility index (Phi) is 4.02. The third-order valence-electron chi connectivity index (χ3n) is 4.80. The maximum Gasteiger partial charge on any atom is 0.308 e. The van der Waals surface area contributed by atoms with Crippen molar-refractivity contribution in [1.29, 1.82) is 0 Å². The molecule has 2 aliphatic rings. The van der Waals surface area contributed by atoms with Gasteiger partial charge >= 0.3 is 5.97 Å². The molecule has 0 bridgehead atoms. The van der Waals surface area contributed by atoms with Crippen molar-refractivity contribution in [3.05, 3.63) is 21.4 Å². The first-order chi connectivity index (χ1) is 10.1. The van der Waals surface area contributed by atoms with Crippen LogP contribution in [-0.2, 0) is 17.6 Å². The molecule has 21 heavy (non-hydrogen) atoms. The fraction of sp³-hybridized carbons (Fsp3) is 0.625. The van der Waals surface area contributed by atoms with Gasteiger partial charge in [-0.05, 0) is 43.6 Å². The van der Waals surface area contributed by atoms with Crippen LogP contribution in [0.4, 0.5) is 0 Å². The monoisotopic (exact) mass is 307 g/mol. The molecule has 2 aliphatic carbocycles. The van der Waals surface area contributed by atoms with E-state index in [1.165, 1.54) is 10.4 Å². The molecule has 5 heteroatoms. The molecular formula is C16H21NO3S. The number of carbonyl (C=O) groups excluding carboxylic acids is 1. The first-order valence-corrected chi connectivity index (χ1v) is 8.57. The Hall–Kier alpha value is -1.36. The SMILES string of the molecule is CC1CCc2c(C(=O)NC3CCCC3C(=O)O)csc2C1. The van der Waals surface area contributed by atoms with Gasteiger partial charge in [0.15, 0.2) is 0 Å². The Morgan fingerprint density at radius 2 is 2.14 bits per heavy atom. The van der Waals surface area contributed by atoms with Crippen molar-refractivity contribution in [3.8, 4) is 0 Å². The molecule has 0 saturated heterocycles. The Morgan fingerprint density at radius 3 is 2.90 bits per heavy atom. The number of fused-ring (bicyclic) bond motifs is 1. The number of carboxylic acid groups (broad SMARTS) is 1. The molecule has 1 aromatic rings. The molecule has 114 valence electrons. The van der Waals surface area contributed by atoms with Crippen LogP contribution in [0, 0.1) is 11.8 Å². The normalized spacial score (nSPS) is 28.1. The lowest BCUT2D eigenvalue weighted by molar-refractivity contribution is -0.142. The topological polar surface area (TPSA) is 66.4 Å². The molecule has 1 heterocycles. The van der Waals surface area contributed by atoms with E-state index >= 15 is 0 Å². The van der Waals surface area contributed by atoms with E-state index in [1.54, 1.807) is 11.3 Å². The minimum atomic E-state index is -0.793. The lowest BCUT2D eigenvalue weighted by atomic mass is 9.88. The molecule has 0 aromatic carbocycles. The van der Waals surface area contributed by atoms with Crippen LogP contribution in [0.25, 0.3) is 0 Å². The van der Waals surface area contributed by atoms with Gasteiger partial charge in [-0.25, -0.2) is 0 Å². The quantitative estimate of drug-likeness (QED) is 0.902. The fourth-order valence-electron chi connectivity index (χ4n) is 3.54. The summed E-state index contributed by atoms with van der Waals surface area (Å²) in [7, 11) is 0. The van der Waals surface area contributed by atoms with E-state index in [9.17, 15) is 14.7 Å². The Bertz CT molecular complexity index is 566. The predicted molar refractivity (Wildman–Crippen MR) is 81.7 cm³/mol. The van der Waals surface area contributed by atoms with Gasteiger partial charge < -0.3 is 10.4 Å². The molecule has 4 nitrogen and oxygen atoms in total. The standard InChI is InChI=1S/C16H21NO3S/c1-9-5-6-10-12(8-21-14(10)7-9)15(18)17-13-4-2-3-11(13)16(19)20/h8-9,11,13H,2-7H2,1H3,(H,17,18)(H,19,20). The number of amides is 1.